The number of aryl methyl sites for hydroxylation is 1. The minimum Gasteiger partial charge on any atom is -0.348 e. The molecule has 6 nitrogen and oxygen atoms in total. The first-order chi connectivity index (χ1) is 9.95. The predicted molar refractivity (Wildman–Crippen MR) is 82.1 cm³/mol. The van der Waals surface area contributed by atoms with Crippen LogP contribution in [0.15, 0.2) is 12.2 Å². The quantitative estimate of drug-likeness (QED) is 0.821. The van der Waals surface area contributed by atoms with Gasteiger partial charge in [-0.2, -0.15) is 5.10 Å². The summed E-state index contributed by atoms with van der Waals surface area (Å²) < 4.78 is 1.94. The van der Waals surface area contributed by atoms with Gasteiger partial charge < -0.3 is 10.2 Å². The Morgan fingerprint density at radius 2 is 2.29 bits per heavy atom. The summed E-state index contributed by atoms with van der Waals surface area (Å²) in [4.78, 5) is 18.4. The van der Waals surface area contributed by atoms with Crippen molar-refractivity contribution < 1.29 is 4.79 Å². The van der Waals surface area contributed by atoms with Crippen molar-refractivity contribution in [2.75, 3.05) is 20.6 Å². The fourth-order valence-electron chi connectivity index (χ4n) is 2.31. The van der Waals surface area contributed by atoms with Crippen molar-refractivity contribution in [3.63, 3.8) is 0 Å². The lowest BCUT2D eigenvalue weighted by Crippen LogP contribution is -2.40. The molecule has 2 rings (SSSR count). The summed E-state index contributed by atoms with van der Waals surface area (Å²) in [5.41, 5.74) is 0. The van der Waals surface area contributed by atoms with Gasteiger partial charge in [-0.05, 0) is 20.5 Å². The zero-order valence-electron chi connectivity index (χ0n) is 13.3. The van der Waals surface area contributed by atoms with Gasteiger partial charge in [0.05, 0.1) is 6.54 Å². The van der Waals surface area contributed by atoms with Crippen LogP contribution >= 0.6 is 0 Å². The highest BCUT2D eigenvalue weighted by Crippen LogP contribution is 2.16. The minimum atomic E-state index is -0.0329. The molecule has 1 aromatic rings. The summed E-state index contributed by atoms with van der Waals surface area (Å²) in [7, 11) is 3.95. The summed E-state index contributed by atoms with van der Waals surface area (Å²) in [6.07, 6.45) is 5.27. The molecule has 1 aliphatic rings. The first-order valence-electron chi connectivity index (χ1n) is 7.51. The van der Waals surface area contributed by atoms with Crippen molar-refractivity contribution in [1.82, 2.24) is 25.0 Å². The van der Waals surface area contributed by atoms with Crippen molar-refractivity contribution in [1.29, 1.82) is 0 Å². The molecule has 0 saturated carbocycles. The molecule has 0 spiro atoms. The Balaban J connectivity index is 1.89. The average molecular weight is 291 g/mol. The van der Waals surface area contributed by atoms with Crippen LogP contribution in [0, 0.1) is 0 Å². The average Bonchev–Trinajstić information content (AvgIpc) is 2.81. The molecule has 6 heteroatoms. The number of carbonyl (C=O) groups is 1. The monoisotopic (exact) mass is 291 g/mol. The van der Waals surface area contributed by atoms with Crippen molar-refractivity contribution in [2.45, 2.75) is 45.2 Å². The summed E-state index contributed by atoms with van der Waals surface area (Å²) in [5, 5.41) is 7.56. The van der Waals surface area contributed by atoms with E-state index < -0.39 is 0 Å². The normalized spacial score (nSPS) is 18.5. The van der Waals surface area contributed by atoms with E-state index in [9.17, 15) is 4.79 Å². The Bertz CT molecular complexity index is 518. The van der Waals surface area contributed by atoms with Crippen LogP contribution in [-0.4, -0.2) is 52.3 Å². The van der Waals surface area contributed by atoms with E-state index in [-0.39, 0.29) is 11.9 Å². The topological polar surface area (TPSA) is 63.1 Å². The van der Waals surface area contributed by atoms with Crippen LogP contribution in [0.25, 0.3) is 0 Å². The van der Waals surface area contributed by atoms with Crippen molar-refractivity contribution in [2.24, 2.45) is 0 Å². The maximum atomic E-state index is 11.9. The third kappa shape index (κ3) is 4.39. The highest BCUT2D eigenvalue weighted by Gasteiger charge is 2.22. The van der Waals surface area contributed by atoms with Crippen LogP contribution in [0.2, 0.25) is 0 Å². The van der Waals surface area contributed by atoms with Gasteiger partial charge in [-0.25, -0.2) is 9.67 Å². The van der Waals surface area contributed by atoms with Crippen molar-refractivity contribution >= 4 is 5.91 Å². The Morgan fingerprint density at radius 1 is 1.52 bits per heavy atom. The highest BCUT2D eigenvalue weighted by atomic mass is 16.1. The molecule has 1 amide bonds. The maximum Gasteiger partial charge on any atom is 0.243 e. The van der Waals surface area contributed by atoms with Gasteiger partial charge in [-0.3, -0.25) is 4.79 Å². The fraction of sp³-hybridized carbons (Fsp3) is 0.667. The number of carbonyl (C=O) groups excluding carboxylic acids is 1. The molecule has 0 fully saturated rings. The molecule has 0 aromatic carbocycles. The third-order valence-electron chi connectivity index (χ3n) is 3.48. The van der Waals surface area contributed by atoms with Crippen molar-refractivity contribution in [3.05, 3.63) is 23.8 Å². The van der Waals surface area contributed by atoms with Gasteiger partial charge in [0.2, 0.25) is 5.91 Å². The summed E-state index contributed by atoms with van der Waals surface area (Å²) >= 11 is 0. The van der Waals surface area contributed by atoms with E-state index in [1.54, 1.807) is 6.08 Å². The van der Waals surface area contributed by atoms with Crippen LogP contribution in [0.5, 0.6) is 0 Å². The number of hydrogen-bond donors (Lipinski definition) is 1. The molecular weight excluding hydrogens is 266 g/mol. The van der Waals surface area contributed by atoms with Gasteiger partial charge in [-0.15, -0.1) is 0 Å². The summed E-state index contributed by atoms with van der Waals surface area (Å²) in [6.45, 7) is 5.66. The smallest absolute Gasteiger partial charge is 0.243 e. The third-order valence-corrected chi connectivity index (χ3v) is 3.48. The van der Waals surface area contributed by atoms with Gasteiger partial charge in [0.1, 0.15) is 5.82 Å². The zero-order chi connectivity index (χ0) is 15.4. The van der Waals surface area contributed by atoms with Crippen LogP contribution in [0.3, 0.4) is 0 Å². The van der Waals surface area contributed by atoms with Crippen LogP contribution in [-0.2, 0) is 17.8 Å². The zero-order valence-corrected chi connectivity index (χ0v) is 13.3. The summed E-state index contributed by atoms with van der Waals surface area (Å²) in [6, 6.07) is 0.135. The van der Waals surface area contributed by atoms with Crippen LogP contribution in [0.1, 0.15) is 37.8 Å². The molecular formula is C15H25N5O. The van der Waals surface area contributed by atoms with Crippen LogP contribution < -0.4 is 5.32 Å². The second-order valence-electron chi connectivity index (χ2n) is 6.13. The second-order valence-corrected chi connectivity index (χ2v) is 6.13. The Kier molecular flexibility index (Phi) is 5.12. The predicted octanol–water partition coefficient (Wildman–Crippen LogP) is 0.950. The minimum absolute atomic E-state index is 0.0329. The van der Waals surface area contributed by atoms with E-state index in [2.05, 4.69) is 29.2 Å². The molecule has 1 aliphatic heterocycles. The van der Waals surface area contributed by atoms with Gasteiger partial charge in [0, 0.05) is 31.0 Å². The molecule has 21 heavy (non-hydrogen) atoms. The molecule has 2 heterocycles. The van der Waals surface area contributed by atoms with Gasteiger partial charge in [0.25, 0.3) is 0 Å². The van der Waals surface area contributed by atoms with E-state index in [4.69, 9.17) is 0 Å². The first kappa shape index (κ1) is 15.7. The largest absolute Gasteiger partial charge is 0.348 e. The number of likely N-dealkylation sites (N-methyl/N-ethyl adjacent to an activating group) is 1. The number of amides is 1. The first-order valence-corrected chi connectivity index (χ1v) is 7.51. The highest BCUT2D eigenvalue weighted by molar-refractivity contribution is 5.87. The molecule has 0 bridgehead atoms. The molecule has 0 saturated heterocycles. The number of nitrogens with zero attached hydrogens (tertiary/aromatic N) is 4. The number of fused-ring (bicyclic) bond motifs is 1. The molecule has 1 atom stereocenters. The van der Waals surface area contributed by atoms with Gasteiger partial charge in [0.15, 0.2) is 5.82 Å². The molecule has 0 aliphatic carbocycles. The van der Waals surface area contributed by atoms with Crippen molar-refractivity contribution in [3.8, 4) is 0 Å². The van der Waals surface area contributed by atoms with Gasteiger partial charge in [-0.1, -0.05) is 19.9 Å². The van der Waals surface area contributed by atoms with E-state index >= 15 is 0 Å². The Hall–Kier alpha value is -1.69. The standard InChI is InChI=1S/C15H25N5O/c1-11(2)15-17-13-8-7-12(10-20(13)18-15)16-14(21)6-5-9-19(3)4/h5-6,11-12H,7-10H2,1-4H3,(H,16,21)/b6-5+. The summed E-state index contributed by atoms with van der Waals surface area (Å²) in [5.74, 6) is 2.23. The molecule has 1 N–H and O–H groups in total. The van der Waals surface area contributed by atoms with E-state index in [0.717, 1.165) is 31.0 Å². The number of hydrogen-bond acceptors (Lipinski definition) is 4. The van der Waals surface area contributed by atoms with E-state index in [0.29, 0.717) is 12.5 Å². The second kappa shape index (κ2) is 6.85. The molecule has 116 valence electrons. The Labute approximate surface area is 126 Å². The number of rotatable bonds is 5. The van der Waals surface area contributed by atoms with Gasteiger partial charge >= 0.3 is 0 Å². The lowest BCUT2D eigenvalue weighted by Gasteiger charge is -2.22. The Morgan fingerprint density at radius 3 is 2.95 bits per heavy atom. The fourth-order valence-corrected chi connectivity index (χ4v) is 2.31. The van der Waals surface area contributed by atoms with E-state index in [1.807, 2.05) is 29.8 Å². The lowest BCUT2D eigenvalue weighted by atomic mass is 10.1. The number of nitrogens with one attached hydrogen (secondary N) is 1. The van der Waals surface area contributed by atoms with Crippen LogP contribution in [0.4, 0.5) is 0 Å². The SMILES string of the molecule is CC(C)c1nc2n(n1)CC(NC(=O)/C=C/CN(C)C)CC2. The molecule has 1 unspecified atom stereocenters. The lowest BCUT2D eigenvalue weighted by molar-refractivity contribution is -0.117. The molecule has 1 aromatic heterocycles. The van der Waals surface area contributed by atoms with E-state index in [1.165, 1.54) is 0 Å². The molecule has 0 radical (unpaired) electrons. The number of aromatic nitrogens is 3. The maximum absolute atomic E-state index is 11.9.